The molecule has 1 atom stereocenters. The van der Waals surface area contributed by atoms with Crippen LogP contribution in [0.1, 0.15) is 36.5 Å². The molecule has 0 aliphatic rings. The molecule has 3 aromatic rings. The summed E-state index contributed by atoms with van der Waals surface area (Å²) in [7, 11) is -2.00. The number of anilines is 1. The molecule has 9 heteroatoms. The number of rotatable bonds is 13. The van der Waals surface area contributed by atoms with E-state index in [1.165, 1.54) is 4.31 Å². The van der Waals surface area contributed by atoms with E-state index < -0.39 is 16.1 Å². The van der Waals surface area contributed by atoms with Crippen LogP contribution in [0.5, 0.6) is 0 Å². The predicted molar refractivity (Wildman–Crippen MR) is 157 cm³/mol. The van der Waals surface area contributed by atoms with E-state index in [1.54, 1.807) is 42.3 Å². The topological polar surface area (TPSA) is 86.8 Å². The van der Waals surface area contributed by atoms with E-state index in [2.05, 4.69) is 5.32 Å². The minimum Gasteiger partial charge on any atom is -0.357 e. The summed E-state index contributed by atoms with van der Waals surface area (Å²) in [6, 6.07) is 23.4. The van der Waals surface area contributed by atoms with Crippen molar-refractivity contribution >= 4 is 39.1 Å². The number of hydrogen-bond acceptors (Lipinski definition) is 4. The van der Waals surface area contributed by atoms with Crippen molar-refractivity contribution in [2.24, 2.45) is 0 Å². The molecule has 7 nitrogen and oxygen atoms in total. The summed E-state index contributed by atoms with van der Waals surface area (Å²) in [6.45, 7) is 2.37. The number of sulfonamides is 1. The second-order valence-corrected chi connectivity index (χ2v) is 11.8. The highest BCUT2D eigenvalue weighted by molar-refractivity contribution is 7.92. The Morgan fingerprint density at radius 3 is 2.18 bits per heavy atom. The summed E-state index contributed by atoms with van der Waals surface area (Å²) in [5.74, 6) is -0.516. The number of hydrogen-bond donors (Lipinski definition) is 1. The van der Waals surface area contributed by atoms with Crippen LogP contribution in [0.25, 0.3) is 0 Å². The molecule has 0 radical (unpaired) electrons. The monoisotopic (exact) mass is 569 g/mol. The van der Waals surface area contributed by atoms with Gasteiger partial charge in [0.05, 0.1) is 11.9 Å². The molecule has 3 rings (SSSR count). The smallest absolute Gasteiger partial charge is 0.242 e. The van der Waals surface area contributed by atoms with Gasteiger partial charge in [0, 0.05) is 38.0 Å². The molecule has 0 spiro atoms. The van der Waals surface area contributed by atoms with Gasteiger partial charge in [-0.15, -0.1) is 0 Å². The van der Waals surface area contributed by atoms with Crippen LogP contribution in [0.2, 0.25) is 5.02 Å². The third-order valence-corrected chi connectivity index (χ3v) is 7.97. The van der Waals surface area contributed by atoms with Crippen LogP contribution < -0.4 is 9.62 Å². The Labute approximate surface area is 236 Å². The zero-order valence-electron chi connectivity index (χ0n) is 22.6. The van der Waals surface area contributed by atoms with Gasteiger partial charge in [-0.2, -0.15) is 0 Å². The van der Waals surface area contributed by atoms with Crippen LogP contribution in [0.3, 0.4) is 0 Å². The molecule has 0 aromatic heterocycles. The van der Waals surface area contributed by atoms with Crippen molar-refractivity contribution < 1.29 is 18.0 Å². The molecule has 0 saturated heterocycles. The van der Waals surface area contributed by atoms with Crippen molar-refractivity contribution in [3.05, 3.63) is 101 Å². The maximum Gasteiger partial charge on any atom is 0.242 e. The number of carbonyl (C=O) groups is 2. The number of nitrogens with zero attached hydrogens (tertiary/aromatic N) is 2. The summed E-state index contributed by atoms with van der Waals surface area (Å²) in [5, 5.41) is 3.24. The van der Waals surface area contributed by atoms with Gasteiger partial charge in [-0.1, -0.05) is 73.1 Å². The van der Waals surface area contributed by atoms with Gasteiger partial charge in [0.1, 0.15) is 6.04 Å². The first kappa shape index (κ1) is 30.2. The quantitative estimate of drug-likeness (QED) is 0.319. The number of likely N-dealkylation sites (N-methyl/N-ethyl adjacent to an activating group) is 1. The Morgan fingerprint density at radius 1 is 0.923 bits per heavy atom. The maximum absolute atomic E-state index is 13.7. The van der Waals surface area contributed by atoms with Crippen LogP contribution in [-0.2, 0) is 39.0 Å². The van der Waals surface area contributed by atoms with Crippen molar-refractivity contribution in [3.63, 3.8) is 0 Å². The van der Waals surface area contributed by atoms with Crippen molar-refractivity contribution in [1.82, 2.24) is 10.2 Å². The normalized spacial score (nSPS) is 12.0. The first-order valence-corrected chi connectivity index (χ1v) is 15.2. The first-order chi connectivity index (χ1) is 18.6. The first-order valence-electron chi connectivity index (χ1n) is 13.0. The van der Waals surface area contributed by atoms with Crippen LogP contribution in [0, 0.1) is 0 Å². The average Bonchev–Trinajstić information content (AvgIpc) is 2.92. The molecule has 0 aliphatic carbocycles. The molecular weight excluding hydrogens is 534 g/mol. The third-order valence-electron chi connectivity index (χ3n) is 6.54. The standard InChI is InChI=1S/C30H36ClN3O4S/c1-4-23-15-17-27(18-16-23)34(39(3,37)38)19-9-14-29(35)33(22-25-12-8-13-26(31)20-25)28(30(36)32-2)21-24-10-6-5-7-11-24/h5-8,10-13,15-18,20,28H,4,9,14,19,21-22H2,1-3H3,(H,32,36). The van der Waals surface area contributed by atoms with E-state index in [1.807, 2.05) is 55.5 Å². The molecule has 208 valence electrons. The molecule has 0 aliphatic heterocycles. The lowest BCUT2D eigenvalue weighted by atomic mass is 10.0. The van der Waals surface area contributed by atoms with E-state index >= 15 is 0 Å². The van der Waals surface area contributed by atoms with E-state index in [9.17, 15) is 18.0 Å². The summed E-state index contributed by atoms with van der Waals surface area (Å²) in [6.07, 6.45) is 2.72. The molecule has 0 heterocycles. The molecule has 2 amide bonds. The minimum atomic E-state index is -3.55. The lowest BCUT2D eigenvalue weighted by Gasteiger charge is -2.31. The summed E-state index contributed by atoms with van der Waals surface area (Å²) < 4.78 is 26.5. The molecule has 0 fully saturated rings. The fourth-order valence-corrected chi connectivity index (χ4v) is 5.63. The second-order valence-electron chi connectivity index (χ2n) is 9.43. The van der Waals surface area contributed by atoms with Gasteiger partial charge in [-0.05, 0) is 53.8 Å². The molecule has 39 heavy (non-hydrogen) atoms. The molecule has 1 unspecified atom stereocenters. The fraction of sp³-hybridized carbons (Fsp3) is 0.333. The highest BCUT2D eigenvalue weighted by Crippen LogP contribution is 2.21. The van der Waals surface area contributed by atoms with Crippen LogP contribution in [-0.4, -0.2) is 51.0 Å². The highest BCUT2D eigenvalue weighted by atomic mass is 35.5. The number of amides is 2. The second kappa shape index (κ2) is 14.1. The fourth-order valence-electron chi connectivity index (χ4n) is 4.45. The summed E-state index contributed by atoms with van der Waals surface area (Å²) >= 11 is 6.20. The molecule has 3 aromatic carbocycles. The summed E-state index contributed by atoms with van der Waals surface area (Å²) in [5.41, 5.74) is 3.39. The Hall–Kier alpha value is -3.36. The molecule has 0 saturated carbocycles. The lowest BCUT2D eigenvalue weighted by Crippen LogP contribution is -2.49. The lowest BCUT2D eigenvalue weighted by molar-refractivity contribution is -0.141. The Balaban J connectivity index is 1.83. The minimum absolute atomic E-state index is 0.0713. The summed E-state index contributed by atoms with van der Waals surface area (Å²) in [4.78, 5) is 28.3. The number of nitrogens with one attached hydrogen (secondary N) is 1. The van der Waals surface area contributed by atoms with E-state index in [-0.39, 0.29) is 31.3 Å². The van der Waals surface area contributed by atoms with E-state index in [4.69, 9.17) is 11.6 Å². The molecular formula is C30H36ClN3O4S. The highest BCUT2D eigenvalue weighted by Gasteiger charge is 2.30. The third kappa shape index (κ3) is 8.83. The number of halogens is 1. The van der Waals surface area contributed by atoms with Crippen LogP contribution in [0.15, 0.2) is 78.9 Å². The van der Waals surface area contributed by atoms with Gasteiger partial charge in [-0.25, -0.2) is 8.42 Å². The Kier molecular flexibility index (Phi) is 10.9. The molecule has 0 bridgehead atoms. The number of benzene rings is 3. The van der Waals surface area contributed by atoms with E-state index in [0.29, 0.717) is 23.6 Å². The largest absolute Gasteiger partial charge is 0.357 e. The van der Waals surface area contributed by atoms with Gasteiger partial charge in [0.25, 0.3) is 0 Å². The maximum atomic E-state index is 13.7. The molecule has 1 N–H and O–H groups in total. The number of carbonyl (C=O) groups excluding carboxylic acids is 2. The van der Waals surface area contributed by atoms with Crippen molar-refractivity contribution in [2.75, 3.05) is 24.2 Å². The van der Waals surface area contributed by atoms with Gasteiger partial charge >= 0.3 is 0 Å². The van der Waals surface area contributed by atoms with Crippen LogP contribution in [0.4, 0.5) is 5.69 Å². The van der Waals surface area contributed by atoms with Crippen molar-refractivity contribution in [2.45, 2.75) is 45.2 Å². The Morgan fingerprint density at radius 2 is 1.59 bits per heavy atom. The van der Waals surface area contributed by atoms with Crippen molar-refractivity contribution in [1.29, 1.82) is 0 Å². The zero-order valence-corrected chi connectivity index (χ0v) is 24.2. The predicted octanol–water partition coefficient (Wildman–Crippen LogP) is 4.83. The van der Waals surface area contributed by atoms with Crippen molar-refractivity contribution in [3.8, 4) is 0 Å². The zero-order chi connectivity index (χ0) is 28.4. The van der Waals surface area contributed by atoms with Gasteiger partial charge in [-0.3, -0.25) is 13.9 Å². The van der Waals surface area contributed by atoms with Gasteiger partial charge in [0.2, 0.25) is 21.8 Å². The average molecular weight is 570 g/mol. The number of aryl methyl sites for hydroxylation is 1. The van der Waals surface area contributed by atoms with Gasteiger partial charge in [0.15, 0.2) is 0 Å². The van der Waals surface area contributed by atoms with E-state index in [0.717, 1.165) is 29.4 Å². The Bertz CT molecular complexity index is 1350. The van der Waals surface area contributed by atoms with Gasteiger partial charge < -0.3 is 10.2 Å². The SMILES string of the molecule is CCc1ccc(N(CCCC(=O)N(Cc2cccc(Cl)c2)C(Cc2ccccc2)C(=O)NC)S(C)(=O)=O)cc1. The van der Waals surface area contributed by atoms with Crippen LogP contribution >= 0.6 is 11.6 Å².